The lowest BCUT2D eigenvalue weighted by Gasteiger charge is -2.22. The van der Waals surface area contributed by atoms with Gasteiger partial charge >= 0.3 is 0 Å². The number of aliphatic hydroxyl groups excluding tert-OH is 1. The van der Waals surface area contributed by atoms with Crippen LogP contribution in [0.25, 0.3) is 0 Å². The zero-order valence-corrected chi connectivity index (χ0v) is 12.6. The van der Waals surface area contributed by atoms with Crippen LogP contribution < -0.4 is 5.56 Å². The number of aromatic nitrogens is 2. The van der Waals surface area contributed by atoms with Gasteiger partial charge in [-0.25, -0.2) is 5.10 Å². The number of aliphatic hydroxyl groups is 1. The van der Waals surface area contributed by atoms with Crippen LogP contribution in [0.4, 0.5) is 0 Å². The van der Waals surface area contributed by atoms with E-state index in [9.17, 15) is 14.7 Å². The van der Waals surface area contributed by atoms with E-state index in [1.165, 1.54) is 25.0 Å². The number of nitrogens with one attached hydrogen (secondary N) is 1. The van der Waals surface area contributed by atoms with E-state index < -0.39 is 0 Å². The molecule has 3 heterocycles. The van der Waals surface area contributed by atoms with Gasteiger partial charge in [0.05, 0.1) is 0 Å². The molecule has 1 aromatic rings. The molecule has 120 valence electrons. The molecule has 0 saturated carbocycles. The van der Waals surface area contributed by atoms with Crippen molar-refractivity contribution < 1.29 is 9.90 Å². The van der Waals surface area contributed by atoms with Gasteiger partial charge in [0.2, 0.25) is 0 Å². The lowest BCUT2D eigenvalue weighted by molar-refractivity contribution is 0.0772. The van der Waals surface area contributed by atoms with Gasteiger partial charge in [0.15, 0.2) is 0 Å². The quantitative estimate of drug-likeness (QED) is 0.786. The highest BCUT2D eigenvalue weighted by atomic mass is 16.3. The number of hydrogen-bond donors (Lipinski definition) is 2. The van der Waals surface area contributed by atoms with Crippen molar-refractivity contribution in [2.45, 2.75) is 12.8 Å². The van der Waals surface area contributed by atoms with Gasteiger partial charge in [0, 0.05) is 38.2 Å². The van der Waals surface area contributed by atoms with Crippen LogP contribution in [0.1, 0.15) is 23.3 Å². The Kier molecular flexibility index (Phi) is 4.54. The predicted molar refractivity (Wildman–Crippen MR) is 80.5 cm³/mol. The normalized spacial score (nSPS) is 25.8. The Morgan fingerprint density at radius 1 is 1.27 bits per heavy atom. The van der Waals surface area contributed by atoms with Crippen molar-refractivity contribution in [3.63, 3.8) is 0 Å². The average Bonchev–Trinajstić information content (AvgIpc) is 3.17. The molecular weight excluding hydrogens is 284 g/mol. The summed E-state index contributed by atoms with van der Waals surface area (Å²) in [5.74, 6) is 0.237. The second kappa shape index (κ2) is 6.58. The number of carbonyl (C=O) groups excluding carboxylic acids is 1. The molecule has 0 aliphatic carbocycles. The van der Waals surface area contributed by atoms with Gasteiger partial charge in [0.1, 0.15) is 5.69 Å². The van der Waals surface area contributed by atoms with Crippen molar-refractivity contribution >= 4 is 5.91 Å². The van der Waals surface area contributed by atoms with Crippen LogP contribution in [0.15, 0.2) is 16.9 Å². The molecule has 0 radical (unpaired) electrons. The molecule has 0 bridgehead atoms. The Balaban J connectivity index is 1.66. The molecule has 22 heavy (non-hydrogen) atoms. The van der Waals surface area contributed by atoms with Gasteiger partial charge in [-0.05, 0) is 37.9 Å². The van der Waals surface area contributed by atoms with E-state index in [1.807, 2.05) is 0 Å². The van der Waals surface area contributed by atoms with E-state index >= 15 is 0 Å². The van der Waals surface area contributed by atoms with Crippen LogP contribution in [-0.2, 0) is 0 Å². The first-order chi connectivity index (χ1) is 10.7. The Bertz CT molecular complexity index is 562. The SMILES string of the molecule is O=C(c1ccc(=O)[nH]n1)N1C[C@@H](CO)[C@@H](CN2CCCC2)C1. The smallest absolute Gasteiger partial charge is 0.274 e. The summed E-state index contributed by atoms with van der Waals surface area (Å²) in [6.45, 7) is 4.46. The molecule has 2 saturated heterocycles. The van der Waals surface area contributed by atoms with Crippen LogP contribution in [0.2, 0.25) is 0 Å². The monoisotopic (exact) mass is 306 g/mol. The predicted octanol–water partition coefficient (Wildman–Crippen LogP) is -0.454. The largest absolute Gasteiger partial charge is 0.396 e. The minimum absolute atomic E-state index is 0.0985. The second-order valence-corrected chi connectivity index (χ2v) is 6.23. The van der Waals surface area contributed by atoms with E-state index in [1.54, 1.807) is 4.90 Å². The molecule has 2 aliphatic rings. The van der Waals surface area contributed by atoms with Gasteiger partial charge in [-0.1, -0.05) is 0 Å². The Morgan fingerprint density at radius 3 is 2.64 bits per heavy atom. The van der Waals surface area contributed by atoms with Gasteiger partial charge in [0.25, 0.3) is 11.5 Å². The highest BCUT2D eigenvalue weighted by Crippen LogP contribution is 2.26. The lowest BCUT2D eigenvalue weighted by Crippen LogP contribution is -2.33. The lowest BCUT2D eigenvalue weighted by atomic mass is 9.96. The third-order valence-corrected chi connectivity index (χ3v) is 4.69. The van der Waals surface area contributed by atoms with Gasteiger partial charge in [-0.3, -0.25) is 9.59 Å². The van der Waals surface area contributed by atoms with Crippen molar-refractivity contribution in [3.05, 3.63) is 28.2 Å². The standard InChI is InChI=1S/C15H22N4O3/c20-10-12-9-19(8-11(12)7-18-5-1-2-6-18)15(22)13-3-4-14(21)17-16-13/h3-4,11-12,20H,1-2,5-10H2,(H,17,21)/t11-,12-/m0/s1. The fourth-order valence-corrected chi connectivity index (χ4v) is 3.44. The topological polar surface area (TPSA) is 89.5 Å². The maximum absolute atomic E-state index is 12.4. The first kappa shape index (κ1) is 15.2. The number of nitrogens with zero attached hydrogens (tertiary/aromatic N) is 3. The molecule has 0 aromatic carbocycles. The van der Waals surface area contributed by atoms with Gasteiger partial charge in [-0.2, -0.15) is 5.10 Å². The van der Waals surface area contributed by atoms with Crippen LogP contribution in [-0.4, -0.2) is 70.3 Å². The molecule has 0 unspecified atom stereocenters. The summed E-state index contributed by atoms with van der Waals surface area (Å²) in [5, 5.41) is 15.7. The zero-order chi connectivity index (χ0) is 15.5. The van der Waals surface area contributed by atoms with E-state index in [0.717, 1.165) is 19.6 Å². The maximum Gasteiger partial charge on any atom is 0.274 e. The number of carbonyl (C=O) groups is 1. The molecule has 3 rings (SSSR count). The fourth-order valence-electron chi connectivity index (χ4n) is 3.44. The fraction of sp³-hybridized carbons (Fsp3) is 0.667. The van der Waals surface area contributed by atoms with E-state index in [-0.39, 0.29) is 29.7 Å². The first-order valence-electron chi connectivity index (χ1n) is 7.85. The van der Waals surface area contributed by atoms with Crippen molar-refractivity contribution in [3.8, 4) is 0 Å². The van der Waals surface area contributed by atoms with E-state index in [2.05, 4.69) is 15.1 Å². The molecule has 7 nitrogen and oxygen atoms in total. The third kappa shape index (κ3) is 3.20. The highest BCUT2D eigenvalue weighted by molar-refractivity contribution is 5.92. The van der Waals surface area contributed by atoms with Crippen LogP contribution in [0, 0.1) is 11.8 Å². The Morgan fingerprint density at radius 2 is 2.00 bits per heavy atom. The van der Waals surface area contributed by atoms with Gasteiger partial charge in [-0.15, -0.1) is 0 Å². The number of likely N-dealkylation sites (tertiary alicyclic amines) is 2. The summed E-state index contributed by atoms with van der Waals surface area (Å²) < 4.78 is 0. The van der Waals surface area contributed by atoms with Crippen LogP contribution >= 0.6 is 0 Å². The summed E-state index contributed by atoms with van der Waals surface area (Å²) in [5.41, 5.74) is -0.0729. The Labute approximate surface area is 128 Å². The van der Waals surface area contributed by atoms with Crippen LogP contribution in [0.3, 0.4) is 0 Å². The molecular formula is C15H22N4O3. The molecule has 1 aromatic heterocycles. The van der Waals surface area contributed by atoms with Crippen molar-refractivity contribution in [1.29, 1.82) is 0 Å². The third-order valence-electron chi connectivity index (χ3n) is 4.69. The van der Waals surface area contributed by atoms with Crippen LogP contribution in [0.5, 0.6) is 0 Å². The minimum atomic E-state index is -0.321. The average molecular weight is 306 g/mol. The summed E-state index contributed by atoms with van der Waals surface area (Å²) in [6.07, 6.45) is 2.47. The summed E-state index contributed by atoms with van der Waals surface area (Å²) in [4.78, 5) is 27.6. The number of H-pyrrole nitrogens is 1. The first-order valence-corrected chi connectivity index (χ1v) is 7.85. The molecule has 0 spiro atoms. The minimum Gasteiger partial charge on any atom is -0.396 e. The van der Waals surface area contributed by atoms with Crippen molar-refractivity contribution in [2.24, 2.45) is 11.8 Å². The van der Waals surface area contributed by atoms with E-state index in [0.29, 0.717) is 19.0 Å². The Hall–Kier alpha value is -1.73. The summed E-state index contributed by atoms with van der Waals surface area (Å²) in [6, 6.07) is 2.75. The summed E-state index contributed by atoms with van der Waals surface area (Å²) >= 11 is 0. The van der Waals surface area contributed by atoms with Gasteiger partial charge < -0.3 is 14.9 Å². The number of rotatable bonds is 4. The molecule has 7 heteroatoms. The molecule has 2 fully saturated rings. The number of amides is 1. The van der Waals surface area contributed by atoms with E-state index in [4.69, 9.17) is 0 Å². The molecule has 2 atom stereocenters. The van der Waals surface area contributed by atoms with Crippen molar-refractivity contribution in [1.82, 2.24) is 20.0 Å². The molecule has 2 aliphatic heterocycles. The molecule has 1 amide bonds. The summed E-state index contributed by atoms with van der Waals surface area (Å²) in [7, 11) is 0. The maximum atomic E-state index is 12.4. The molecule has 2 N–H and O–H groups in total. The number of aromatic amines is 1. The zero-order valence-electron chi connectivity index (χ0n) is 12.6. The highest BCUT2D eigenvalue weighted by Gasteiger charge is 2.36. The number of hydrogen-bond acceptors (Lipinski definition) is 5. The second-order valence-electron chi connectivity index (χ2n) is 6.23. The van der Waals surface area contributed by atoms with Crippen molar-refractivity contribution in [2.75, 3.05) is 39.3 Å².